The van der Waals surface area contributed by atoms with Crippen molar-refractivity contribution in [3.63, 3.8) is 0 Å². The van der Waals surface area contributed by atoms with Crippen molar-refractivity contribution in [2.24, 2.45) is 5.92 Å². The standard InChI is InChI=1S/C20H27N3O7/c1-4-21-19(27)30-15-14(18(26)28-5-2)20(22(3)17(15)25)8-10-23(11-9-20)16(24)13-7-6-12-29-13/h6-7,12,14-15H,4-5,8-11H2,1-3H3,(H,21,27)/t14-,15+/m0/s1. The van der Waals surface area contributed by atoms with E-state index in [1.165, 1.54) is 11.2 Å². The molecule has 3 heterocycles. The lowest BCUT2D eigenvalue weighted by Crippen LogP contribution is -2.57. The molecule has 0 radical (unpaired) electrons. The zero-order valence-electron chi connectivity index (χ0n) is 17.4. The summed E-state index contributed by atoms with van der Waals surface area (Å²) < 4.78 is 15.8. The summed E-state index contributed by atoms with van der Waals surface area (Å²) in [4.78, 5) is 53.5. The number of alkyl carbamates (subject to hydrolysis) is 1. The molecule has 0 bridgehead atoms. The van der Waals surface area contributed by atoms with Crippen molar-refractivity contribution in [3.05, 3.63) is 24.2 Å². The van der Waals surface area contributed by atoms with E-state index in [0.717, 1.165) is 0 Å². The van der Waals surface area contributed by atoms with Gasteiger partial charge in [0.1, 0.15) is 5.92 Å². The summed E-state index contributed by atoms with van der Waals surface area (Å²) in [5.41, 5.74) is -0.902. The lowest BCUT2D eigenvalue weighted by Gasteiger charge is -2.45. The number of rotatable bonds is 5. The molecule has 0 aromatic carbocycles. The average Bonchev–Trinajstić information content (AvgIpc) is 3.32. The summed E-state index contributed by atoms with van der Waals surface area (Å²) in [6, 6.07) is 3.23. The molecule has 164 valence electrons. The first-order valence-corrected chi connectivity index (χ1v) is 10.1. The van der Waals surface area contributed by atoms with Crippen LogP contribution in [0.4, 0.5) is 4.79 Å². The van der Waals surface area contributed by atoms with Gasteiger partial charge in [0.25, 0.3) is 11.8 Å². The summed E-state index contributed by atoms with van der Waals surface area (Å²) in [6.07, 6.45) is 0.0946. The van der Waals surface area contributed by atoms with Gasteiger partial charge in [0, 0.05) is 26.7 Å². The number of hydrogen-bond donors (Lipinski definition) is 1. The number of carbonyl (C=O) groups is 4. The van der Waals surface area contributed by atoms with E-state index < -0.39 is 35.5 Å². The van der Waals surface area contributed by atoms with Crippen LogP contribution in [-0.4, -0.2) is 78.6 Å². The van der Waals surface area contributed by atoms with E-state index in [1.807, 2.05) is 0 Å². The number of piperidine rings is 1. The van der Waals surface area contributed by atoms with Crippen LogP contribution in [0, 0.1) is 5.92 Å². The van der Waals surface area contributed by atoms with Crippen molar-refractivity contribution in [2.45, 2.75) is 38.3 Å². The number of ether oxygens (including phenoxy) is 2. The Morgan fingerprint density at radius 2 is 1.97 bits per heavy atom. The van der Waals surface area contributed by atoms with Gasteiger partial charge in [0.2, 0.25) is 0 Å². The zero-order valence-corrected chi connectivity index (χ0v) is 17.4. The van der Waals surface area contributed by atoms with E-state index in [9.17, 15) is 19.2 Å². The van der Waals surface area contributed by atoms with Crippen molar-refractivity contribution in [2.75, 3.05) is 33.3 Å². The maximum absolute atomic E-state index is 13.0. The summed E-state index contributed by atoms with van der Waals surface area (Å²) in [7, 11) is 1.60. The summed E-state index contributed by atoms with van der Waals surface area (Å²) in [5, 5.41) is 2.48. The van der Waals surface area contributed by atoms with E-state index in [4.69, 9.17) is 13.9 Å². The van der Waals surface area contributed by atoms with E-state index >= 15 is 0 Å². The Morgan fingerprint density at radius 3 is 2.53 bits per heavy atom. The van der Waals surface area contributed by atoms with Gasteiger partial charge in [-0.05, 0) is 38.8 Å². The highest BCUT2D eigenvalue weighted by molar-refractivity contribution is 5.95. The Bertz CT molecular complexity index is 799. The van der Waals surface area contributed by atoms with E-state index in [-0.39, 0.29) is 18.3 Å². The summed E-state index contributed by atoms with van der Waals surface area (Å²) in [6.45, 7) is 4.51. The van der Waals surface area contributed by atoms with Crippen LogP contribution in [0.15, 0.2) is 22.8 Å². The Kier molecular flexibility index (Phi) is 6.33. The minimum Gasteiger partial charge on any atom is -0.466 e. The van der Waals surface area contributed by atoms with Crippen molar-refractivity contribution >= 4 is 23.9 Å². The van der Waals surface area contributed by atoms with Gasteiger partial charge >= 0.3 is 12.1 Å². The molecule has 1 aromatic rings. The van der Waals surface area contributed by atoms with Crippen LogP contribution in [0.25, 0.3) is 0 Å². The van der Waals surface area contributed by atoms with E-state index in [2.05, 4.69) is 5.32 Å². The fourth-order valence-electron chi connectivity index (χ4n) is 4.34. The molecule has 10 heteroatoms. The first-order valence-electron chi connectivity index (χ1n) is 10.1. The van der Waals surface area contributed by atoms with E-state index in [1.54, 1.807) is 37.9 Å². The number of nitrogens with one attached hydrogen (secondary N) is 1. The van der Waals surface area contributed by atoms with Crippen LogP contribution >= 0.6 is 0 Å². The van der Waals surface area contributed by atoms with Crippen molar-refractivity contribution in [1.29, 1.82) is 0 Å². The first kappa shape index (κ1) is 21.7. The van der Waals surface area contributed by atoms with Crippen LogP contribution in [-0.2, 0) is 19.1 Å². The average molecular weight is 421 g/mol. The number of carbonyl (C=O) groups excluding carboxylic acids is 4. The second kappa shape index (κ2) is 8.76. The third kappa shape index (κ3) is 3.73. The molecule has 2 atom stereocenters. The number of hydrogen-bond acceptors (Lipinski definition) is 7. The topological polar surface area (TPSA) is 118 Å². The van der Waals surface area contributed by atoms with Gasteiger partial charge in [0.05, 0.1) is 18.4 Å². The summed E-state index contributed by atoms with van der Waals surface area (Å²) >= 11 is 0. The smallest absolute Gasteiger partial charge is 0.407 e. The SMILES string of the molecule is CCNC(=O)O[C@H]1C(=O)N(C)C2(CCN(C(=O)c3ccco3)CC2)[C@@H]1C(=O)OCC. The fourth-order valence-corrected chi connectivity index (χ4v) is 4.34. The first-order chi connectivity index (χ1) is 14.4. The molecule has 0 saturated carbocycles. The fraction of sp³-hybridized carbons (Fsp3) is 0.600. The molecule has 2 aliphatic rings. The minimum absolute atomic E-state index is 0.139. The molecule has 2 saturated heterocycles. The monoisotopic (exact) mass is 421 g/mol. The normalized spacial score (nSPS) is 22.8. The molecule has 0 unspecified atom stereocenters. The second-order valence-corrected chi connectivity index (χ2v) is 7.36. The van der Waals surface area contributed by atoms with E-state index in [0.29, 0.717) is 32.5 Å². The molecular weight excluding hydrogens is 394 g/mol. The van der Waals surface area contributed by atoms with Gasteiger partial charge in [-0.3, -0.25) is 14.4 Å². The molecule has 1 spiro atoms. The molecule has 1 aromatic heterocycles. The van der Waals surface area contributed by atoms with Gasteiger partial charge in [0.15, 0.2) is 11.9 Å². The van der Waals surface area contributed by atoms with Crippen molar-refractivity contribution < 1.29 is 33.1 Å². The molecule has 3 rings (SSSR count). The van der Waals surface area contributed by atoms with Crippen LogP contribution in [0.5, 0.6) is 0 Å². The highest BCUT2D eigenvalue weighted by Gasteiger charge is 2.63. The molecule has 30 heavy (non-hydrogen) atoms. The Balaban J connectivity index is 1.84. The molecule has 1 N–H and O–H groups in total. The highest BCUT2D eigenvalue weighted by Crippen LogP contribution is 2.44. The minimum atomic E-state index is -1.27. The van der Waals surface area contributed by atoms with Gasteiger partial charge in [-0.1, -0.05) is 0 Å². The third-order valence-corrected chi connectivity index (χ3v) is 5.87. The number of likely N-dealkylation sites (N-methyl/N-ethyl adjacent to an activating group) is 1. The van der Waals surface area contributed by atoms with Crippen molar-refractivity contribution in [1.82, 2.24) is 15.1 Å². The third-order valence-electron chi connectivity index (χ3n) is 5.87. The maximum Gasteiger partial charge on any atom is 0.407 e. The largest absolute Gasteiger partial charge is 0.466 e. The number of amides is 3. The van der Waals surface area contributed by atoms with Gasteiger partial charge in [-0.15, -0.1) is 0 Å². The molecular formula is C20H27N3O7. The van der Waals surface area contributed by atoms with Crippen molar-refractivity contribution in [3.8, 4) is 0 Å². The number of furan rings is 1. The van der Waals surface area contributed by atoms with Crippen LogP contribution in [0.2, 0.25) is 0 Å². The lowest BCUT2D eigenvalue weighted by molar-refractivity contribution is -0.156. The van der Waals surface area contributed by atoms with Crippen LogP contribution in [0.1, 0.15) is 37.2 Å². The Morgan fingerprint density at radius 1 is 1.27 bits per heavy atom. The van der Waals surface area contributed by atoms with Crippen LogP contribution < -0.4 is 5.32 Å². The van der Waals surface area contributed by atoms with Gasteiger partial charge in [-0.25, -0.2) is 4.79 Å². The molecule has 3 amide bonds. The van der Waals surface area contributed by atoms with Gasteiger partial charge < -0.3 is 29.0 Å². The quantitative estimate of drug-likeness (QED) is 0.705. The number of esters is 1. The molecule has 2 aliphatic heterocycles. The Hall–Kier alpha value is -3.04. The Labute approximate surface area is 174 Å². The molecule has 2 fully saturated rings. The predicted molar refractivity (Wildman–Crippen MR) is 103 cm³/mol. The lowest BCUT2D eigenvalue weighted by atomic mass is 9.76. The highest BCUT2D eigenvalue weighted by atomic mass is 16.6. The molecule has 10 nitrogen and oxygen atoms in total. The number of likely N-dealkylation sites (tertiary alicyclic amines) is 2. The predicted octanol–water partition coefficient (Wildman–Crippen LogP) is 1.02. The van der Waals surface area contributed by atoms with Gasteiger partial charge in [-0.2, -0.15) is 0 Å². The number of nitrogens with zero attached hydrogens (tertiary/aromatic N) is 2. The zero-order chi connectivity index (χ0) is 21.9. The van der Waals surface area contributed by atoms with Crippen LogP contribution in [0.3, 0.4) is 0 Å². The second-order valence-electron chi connectivity index (χ2n) is 7.36. The summed E-state index contributed by atoms with van der Waals surface area (Å²) in [5.74, 6) is -2.02. The molecule has 0 aliphatic carbocycles. The maximum atomic E-state index is 13.0.